The number of nitrogens with two attached hydrogens (primary N) is 1. The van der Waals surface area contributed by atoms with Crippen molar-refractivity contribution in [1.82, 2.24) is 0 Å². The van der Waals surface area contributed by atoms with Gasteiger partial charge in [-0.3, -0.25) is 4.79 Å². The number of halogens is 2. The lowest BCUT2D eigenvalue weighted by molar-refractivity contribution is 0.102. The number of rotatable bonds is 3. The van der Waals surface area contributed by atoms with E-state index in [1.807, 2.05) is 12.1 Å². The first kappa shape index (κ1) is 15.2. The molecule has 0 saturated carbocycles. The molecule has 0 radical (unpaired) electrons. The monoisotopic (exact) mass is 399 g/mol. The molecule has 4 N–H and O–H groups in total. The van der Waals surface area contributed by atoms with Crippen LogP contribution in [0.15, 0.2) is 47.6 Å². The quantitative estimate of drug-likeness (QED) is 0.244. The van der Waals surface area contributed by atoms with E-state index in [1.54, 1.807) is 12.1 Å². The van der Waals surface area contributed by atoms with E-state index in [1.165, 1.54) is 12.1 Å². The Bertz CT molecular complexity index is 719. The zero-order valence-corrected chi connectivity index (χ0v) is 12.8. The molecule has 0 aromatic heterocycles. The molecule has 7 heteroatoms. The van der Waals surface area contributed by atoms with Crippen molar-refractivity contribution in [1.29, 1.82) is 0 Å². The molecule has 2 rings (SSSR count). The molecule has 2 aromatic rings. The van der Waals surface area contributed by atoms with Gasteiger partial charge < -0.3 is 16.3 Å². The average Bonchev–Trinajstić information content (AvgIpc) is 2.48. The first-order valence-corrected chi connectivity index (χ1v) is 6.94. The van der Waals surface area contributed by atoms with E-state index in [4.69, 9.17) is 10.9 Å². The van der Waals surface area contributed by atoms with Crippen LogP contribution in [0.3, 0.4) is 0 Å². The fraction of sp³-hybridized carbons (Fsp3) is 0. The van der Waals surface area contributed by atoms with Gasteiger partial charge in [0.1, 0.15) is 5.82 Å². The molecule has 0 aliphatic carbocycles. The van der Waals surface area contributed by atoms with Crippen molar-refractivity contribution >= 4 is 40.0 Å². The predicted octanol–water partition coefficient (Wildman–Crippen LogP) is 2.78. The van der Waals surface area contributed by atoms with Gasteiger partial charge in [-0.25, -0.2) is 4.39 Å². The average molecular weight is 399 g/mol. The predicted molar refractivity (Wildman–Crippen MR) is 86.0 cm³/mol. The fourth-order valence-electron chi connectivity index (χ4n) is 1.70. The molecule has 2 aromatic carbocycles. The van der Waals surface area contributed by atoms with E-state index in [0.717, 1.165) is 9.64 Å². The summed E-state index contributed by atoms with van der Waals surface area (Å²) in [5.74, 6) is -1.33. The molecule has 108 valence electrons. The van der Waals surface area contributed by atoms with Crippen LogP contribution in [0, 0.1) is 9.39 Å². The number of carbonyl (C=O) groups is 1. The summed E-state index contributed by atoms with van der Waals surface area (Å²) in [6.45, 7) is 0. The number of nitrogens with zero attached hydrogens (tertiary/aromatic N) is 1. The molecule has 0 spiro atoms. The number of carbonyl (C=O) groups excluding carboxylic acids is 1. The Morgan fingerprint density at radius 2 is 1.95 bits per heavy atom. The van der Waals surface area contributed by atoms with Crippen LogP contribution in [-0.2, 0) is 0 Å². The topological polar surface area (TPSA) is 87.7 Å². The Hall–Kier alpha value is -2.16. The minimum absolute atomic E-state index is 0.0851. The molecule has 0 fully saturated rings. The van der Waals surface area contributed by atoms with Gasteiger partial charge in [-0.05, 0) is 52.9 Å². The zero-order valence-electron chi connectivity index (χ0n) is 10.7. The summed E-state index contributed by atoms with van der Waals surface area (Å²) < 4.78 is 14.3. The highest BCUT2D eigenvalue weighted by atomic mass is 127. The first-order valence-electron chi connectivity index (χ1n) is 5.86. The summed E-state index contributed by atoms with van der Waals surface area (Å²) in [4.78, 5) is 12.2. The first-order chi connectivity index (χ1) is 10.0. The van der Waals surface area contributed by atoms with E-state index in [9.17, 15) is 9.18 Å². The molecule has 0 aliphatic rings. The van der Waals surface area contributed by atoms with E-state index >= 15 is 0 Å². The van der Waals surface area contributed by atoms with Gasteiger partial charge in [-0.1, -0.05) is 17.3 Å². The van der Waals surface area contributed by atoms with Gasteiger partial charge in [0.05, 0.1) is 11.1 Å². The summed E-state index contributed by atoms with van der Waals surface area (Å²) in [5, 5.41) is 14.0. The Kier molecular flexibility index (Phi) is 4.73. The van der Waals surface area contributed by atoms with Crippen LogP contribution >= 0.6 is 22.6 Å². The maximum atomic E-state index is 13.5. The number of hydrogen-bond acceptors (Lipinski definition) is 3. The minimum Gasteiger partial charge on any atom is -0.409 e. The maximum Gasteiger partial charge on any atom is 0.256 e. The van der Waals surface area contributed by atoms with Gasteiger partial charge in [-0.15, -0.1) is 0 Å². The molecule has 0 atom stereocenters. The highest BCUT2D eigenvalue weighted by molar-refractivity contribution is 14.1. The van der Waals surface area contributed by atoms with Crippen LogP contribution in [0.5, 0.6) is 0 Å². The third-order valence-corrected chi connectivity index (χ3v) is 3.67. The number of hydrogen-bond donors (Lipinski definition) is 3. The van der Waals surface area contributed by atoms with E-state index in [0.29, 0.717) is 11.3 Å². The number of nitrogens with one attached hydrogen (secondary N) is 1. The van der Waals surface area contributed by atoms with Gasteiger partial charge in [0.25, 0.3) is 5.91 Å². The summed E-state index contributed by atoms with van der Waals surface area (Å²) in [5.41, 5.74) is 6.15. The second-order valence-corrected chi connectivity index (χ2v) is 5.28. The van der Waals surface area contributed by atoms with Gasteiger partial charge in [-0.2, -0.15) is 0 Å². The van der Waals surface area contributed by atoms with Crippen LogP contribution in [0.4, 0.5) is 10.1 Å². The molecule has 0 unspecified atom stereocenters. The molecule has 0 bridgehead atoms. The molecule has 1 amide bonds. The van der Waals surface area contributed by atoms with Gasteiger partial charge >= 0.3 is 0 Å². The number of benzene rings is 2. The minimum atomic E-state index is -0.641. The van der Waals surface area contributed by atoms with Crippen molar-refractivity contribution in [2.45, 2.75) is 0 Å². The maximum absolute atomic E-state index is 13.5. The lowest BCUT2D eigenvalue weighted by Gasteiger charge is -2.09. The molecule has 5 nitrogen and oxygen atoms in total. The molecule has 0 saturated heterocycles. The van der Waals surface area contributed by atoms with Crippen molar-refractivity contribution < 1.29 is 14.4 Å². The SMILES string of the molecule is NC(=NO)c1cc(NC(=O)c2ccccc2I)ccc1F. The molecule has 21 heavy (non-hydrogen) atoms. The summed E-state index contributed by atoms with van der Waals surface area (Å²) in [6, 6.07) is 10.9. The second kappa shape index (κ2) is 6.53. The standard InChI is InChI=1S/C14H11FIN3O2/c15-11-6-5-8(7-10(11)13(17)19-21)18-14(20)9-3-1-2-4-12(9)16/h1-7,21H,(H2,17,19)(H,18,20). The van der Waals surface area contributed by atoms with E-state index < -0.39 is 5.82 Å². The molecule has 0 aliphatic heterocycles. The summed E-state index contributed by atoms with van der Waals surface area (Å²) in [6.07, 6.45) is 0. The van der Waals surface area contributed by atoms with Crippen LogP contribution < -0.4 is 11.1 Å². The molecular weight excluding hydrogens is 388 g/mol. The number of oxime groups is 1. The summed E-state index contributed by atoms with van der Waals surface area (Å²) >= 11 is 2.05. The highest BCUT2D eigenvalue weighted by Crippen LogP contribution is 2.17. The lowest BCUT2D eigenvalue weighted by Crippen LogP contribution is -2.17. The van der Waals surface area contributed by atoms with Gasteiger partial charge in [0.15, 0.2) is 5.84 Å². The Morgan fingerprint density at radius 1 is 1.24 bits per heavy atom. The second-order valence-electron chi connectivity index (χ2n) is 4.11. The number of anilines is 1. The lowest BCUT2D eigenvalue weighted by atomic mass is 10.1. The van der Waals surface area contributed by atoms with Crippen LogP contribution in [0.1, 0.15) is 15.9 Å². The third kappa shape index (κ3) is 3.48. The fourth-order valence-corrected chi connectivity index (χ4v) is 2.33. The third-order valence-electron chi connectivity index (χ3n) is 2.73. The zero-order chi connectivity index (χ0) is 15.4. The Labute approximate surface area is 133 Å². The normalized spacial score (nSPS) is 11.2. The van der Waals surface area contributed by atoms with E-state index in [-0.39, 0.29) is 17.3 Å². The van der Waals surface area contributed by atoms with Crippen LogP contribution in [-0.4, -0.2) is 17.0 Å². The van der Waals surface area contributed by atoms with Crippen molar-refractivity contribution in [3.8, 4) is 0 Å². The Balaban J connectivity index is 2.28. The number of amidine groups is 1. The van der Waals surface area contributed by atoms with Gasteiger partial charge in [0.2, 0.25) is 0 Å². The molecular formula is C14H11FIN3O2. The van der Waals surface area contributed by atoms with Crippen molar-refractivity contribution in [3.63, 3.8) is 0 Å². The van der Waals surface area contributed by atoms with Crippen LogP contribution in [0.25, 0.3) is 0 Å². The van der Waals surface area contributed by atoms with Crippen molar-refractivity contribution in [3.05, 3.63) is 63.0 Å². The van der Waals surface area contributed by atoms with Crippen molar-refractivity contribution in [2.24, 2.45) is 10.9 Å². The van der Waals surface area contributed by atoms with Crippen LogP contribution in [0.2, 0.25) is 0 Å². The molecule has 0 heterocycles. The summed E-state index contributed by atoms with van der Waals surface area (Å²) in [7, 11) is 0. The highest BCUT2D eigenvalue weighted by Gasteiger charge is 2.12. The number of amides is 1. The largest absolute Gasteiger partial charge is 0.409 e. The smallest absolute Gasteiger partial charge is 0.256 e. The Morgan fingerprint density at radius 3 is 2.62 bits per heavy atom. The van der Waals surface area contributed by atoms with Crippen molar-refractivity contribution in [2.75, 3.05) is 5.32 Å². The van der Waals surface area contributed by atoms with Gasteiger partial charge in [0, 0.05) is 9.26 Å². The van der Waals surface area contributed by atoms with E-state index in [2.05, 4.69) is 33.1 Å².